The van der Waals surface area contributed by atoms with Gasteiger partial charge in [-0.05, 0) is 49.0 Å². The van der Waals surface area contributed by atoms with Crippen LogP contribution in [0.5, 0.6) is 0 Å². The topological polar surface area (TPSA) is 93.6 Å². The van der Waals surface area contributed by atoms with E-state index in [2.05, 4.69) is 11.2 Å². The molecule has 0 saturated heterocycles. The highest BCUT2D eigenvalue weighted by Gasteiger charge is 2.45. The Labute approximate surface area is 197 Å². The van der Waals surface area contributed by atoms with E-state index >= 15 is 0 Å². The minimum absolute atomic E-state index is 0.0161. The van der Waals surface area contributed by atoms with E-state index in [1.54, 1.807) is 0 Å². The van der Waals surface area contributed by atoms with Crippen molar-refractivity contribution in [1.29, 1.82) is 0 Å². The van der Waals surface area contributed by atoms with Crippen molar-refractivity contribution in [2.24, 2.45) is 11.0 Å². The molecule has 5 rings (SSSR count). The van der Waals surface area contributed by atoms with E-state index in [1.807, 2.05) is 67.6 Å². The lowest BCUT2D eigenvalue weighted by Gasteiger charge is -2.29. The molecule has 0 bridgehead atoms. The number of carbonyl (C=O) groups excluding carboxylic acids is 1. The number of rotatable bonds is 5. The third-order valence-electron chi connectivity index (χ3n) is 6.46. The van der Waals surface area contributed by atoms with Gasteiger partial charge in [0.1, 0.15) is 6.20 Å². The number of carbonyl (C=O) groups is 1. The molecule has 172 valence electrons. The Hall–Kier alpha value is -4.07. The maximum atomic E-state index is 13.7. The molecule has 3 aromatic rings. The van der Waals surface area contributed by atoms with Gasteiger partial charge in [0, 0.05) is 12.5 Å². The van der Waals surface area contributed by atoms with Gasteiger partial charge in [-0.15, -0.1) is 0 Å². The third-order valence-corrected chi connectivity index (χ3v) is 6.46. The molecule has 2 aromatic carbocycles. The van der Waals surface area contributed by atoms with Crippen LogP contribution in [0.15, 0.2) is 77.5 Å². The van der Waals surface area contributed by atoms with E-state index in [0.29, 0.717) is 6.54 Å². The smallest absolute Gasteiger partial charge is 0.265 e. The number of benzene rings is 2. The van der Waals surface area contributed by atoms with Gasteiger partial charge in [0.2, 0.25) is 5.69 Å². The number of fused-ring (bicyclic) bond motifs is 1. The van der Waals surface area contributed by atoms with Crippen LogP contribution in [0.25, 0.3) is 6.08 Å². The van der Waals surface area contributed by atoms with Gasteiger partial charge in [0.05, 0.1) is 16.7 Å². The Bertz CT molecular complexity index is 1280. The Morgan fingerprint density at radius 3 is 2.53 bits per heavy atom. The van der Waals surface area contributed by atoms with Crippen LogP contribution in [0.1, 0.15) is 53.8 Å². The first-order valence-corrected chi connectivity index (χ1v) is 11.5. The van der Waals surface area contributed by atoms with Crippen molar-refractivity contribution in [3.8, 4) is 0 Å². The summed E-state index contributed by atoms with van der Waals surface area (Å²) in [6.45, 7) is 2.25. The van der Waals surface area contributed by atoms with E-state index in [0.717, 1.165) is 41.7 Å². The van der Waals surface area contributed by atoms with Crippen molar-refractivity contribution < 1.29 is 9.72 Å². The Morgan fingerprint density at radius 1 is 1.15 bits per heavy atom. The van der Waals surface area contributed by atoms with Gasteiger partial charge >= 0.3 is 11.6 Å². The highest BCUT2D eigenvalue weighted by Crippen LogP contribution is 2.45. The van der Waals surface area contributed by atoms with E-state index in [-0.39, 0.29) is 23.3 Å². The van der Waals surface area contributed by atoms with Gasteiger partial charge in [-0.1, -0.05) is 60.7 Å². The van der Waals surface area contributed by atoms with Gasteiger partial charge in [-0.3, -0.25) is 19.6 Å². The van der Waals surface area contributed by atoms with E-state index in [9.17, 15) is 14.9 Å². The summed E-state index contributed by atoms with van der Waals surface area (Å²) in [6, 6.07) is 19.5. The second-order valence-electron chi connectivity index (χ2n) is 8.55. The number of aromatic nitrogens is 2. The fourth-order valence-electron chi connectivity index (χ4n) is 4.87. The Morgan fingerprint density at radius 2 is 1.85 bits per heavy atom. The molecular weight excluding hydrogens is 430 g/mol. The monoisotopic (exact) mass is 455 g/mol. The molecule has 1 aliphatic carbocycles. The summed E-state index contributed by atoms with van der Waals surface area (Å²) in [6.07, 6.45) is 6.19. The summed E-state index contributed by atoms with van der Waals surface area (Å²) < 4.78 is 1.42. The molecular formula is C26H25N5O3. The zero-order valence-electron chi connectivity index (χ0n) is 18.9. The first kappa shape index (κ1) is 21.8. The van der Waals surface area contributed by atoms with E-state index in [4.69, 9.17) is 5.10 Å². The molecule has 0 spiro atoms. The maximum Gasteiger partial charge on any atom is 0.320 e. The molecule has 1 fully saturated rings. The Balaban J connectivity index is 1.61. The van der Waals surface area contributed by atoms with Crippen LogP contribution >= 0.6 is 0 Å². The number of nitro groups is 1. The average Bonchev–Trinajstić information content (AvgIpc) is 3.48. The number of nitrogens with zero attached hydrogens (tertiary/aromatic N) is 5. The molecule has 2 aliphatic rings. The number of hydrazone groups is 1. The first-order valence-electron chi connectivity index (χ1n) is 11.5. The van der Waals surface area contributed by atoms with Crippen LogP contribution in [-0.4, -0.2) is 31.3 Å². The van der Waals surface area contributed by atoms with Crippen molar-refractivity contribution in [2.75, 3.05) is 0 Å². The zero-order valence-corrected chi connectivity index (χ0v) is 18.9. The van der Waals surface area contributed by atoms with E-state index in [1.165, 1.54) is 15.9 Å². The molecule has 1 amide bonds. The number of amides is 1. The summed E-state index contributed by atoms with van der Waals surface area (Å²) in [4.78, 5) is 24.8. The van der Waals surface area contributed by atoms with E-state index < -0.39 is 10.8 Å². The molecule has 0 radical (unpaired) electrons. The van der Waals surface area contributed by atoms with Crippen LogP contribution in [0.3, 0.4) is 0 Å². The van der Waals surface area contributed by atoms with Crippen LogP contribution in [0.4, 0.5) is 5.69 Å². The molecule has 2 atom stereocenters. The van der Waals surface area contributed by atoms with Crippen molar-refractivity contribution in [3.05, 3.63) is 99.4 Å². The van der Waals surface area contributed by atoms with Crippen molar-refractivity contribution >= 4 is 23.4 Å². The molecule has 1 aliphatic heterocycles. The quantitative estimate of drug-likeness (QED) is 0.388. The molecule has 8 nitrogen and oxygen atoms in total. The lowest BCUT2D eigenvalue weighted by Crippen LogP contribution is -2.32. The molecule has 2 unspecified atom stereocenters. The summed E-state index contributed by atoms with van der Waals surface area (Å²) in [7, 11) is 0. The highest BCUT2D eigenvalue weighted by atomic mass is 16.6. The normalized spacial score (nSPS) is 20.8. The van der Waals surface area contributed by atoms with Crippen LogP contribution < -0.4 is 0 Å². The molecule has 1 saturated carbocycles. The number of allylic oxidation sites excluding steroid dienone is 1. The molecule has 1 aromatic heterocycles. The summed E-state index contributed by atoms with van der Waals surface area (Å²) in [5.41, 5.74) is 3.55. The minimum atomic E-state index is -0.555. The van der Waals surface area contributed by atoms with Gasteiger partial charge in [-0.2, -0.15) is 10.2 Å². The van der Waals surface area contributed by atoms with Crippen LogP contribution in [0, 0.1) is 16.0 Å². The number of aryl methyl sites for hydroxylation is 1. The first-order chi connectivity index (χ1) is 16.6. The van der Waals surface area contributed by atoms with Gasteiger partial charge < -0.3 is 0 Å². The van der Waals surface area contributed by atoms with Crippen molar-refractivity contribution in [3.63, 3.8) is 0 Å². The average molecular weight is 456 g/mol. The predicted octanol–water partition coefficient (Wildman–Crippen LogP) is 5.25. The van der Waals surface area contributed by atoms with Gasteiger partial charge in [0.25, 0.3) is 0 Å². The largest absolute Gasteiger partial charge is 0.320 e. The molecule has 34 heavy (non-hydrogen) atoms. The number of hydrogen-bond donors (Lipinski definition) is 0. The minimum Gasteiger partial charge on any atom is -0.265 e. The molecule has 0 N–H and O–H groups in total. The second-order valence-corrected chi connectivity index (χ2v) is 8.55. The van der Waals surface area contributed by atoms with Crippen LogP contribution in [0.2, 0.25) is 0 Å². The van der Waals surface area contributed by atoms with Crippen LogP contribution in [-0.2, 0) is 6.54 Å². The SMILES string of the molecule is CCn1cc([N+](=O)[O-])c(C(=O)N2N=C3C(=Cc4ccccc4)CCCC3C2c2ccccc2)n1. The summed E-state index contributed by atoms with van der Waals surface area (Å²) in [5.74, 6) is -0.531. The lowest BCUT2D eigenvalue weighted by atomic mass is 9.77. The standard InChI is InChI=1S/C26H25N5O3/c1-2-29-17-22(31(33)34)24(27-29)26(32)30-25(19-12-7-4-8-13-19)21-15-9-14-20(23(21)28-30)16-18-10-5-3-6-11-18/h3-8,10-13,16-17,21,25H,2,9,14-15H2,1H3. The fourth-order valence-corrected chi connectivity index (χ4v) is 4.87. The highest BCUT2D eigenvalue weighted by molar-refractivity contribution is 6.09. The predicted molar refractivity (Wildman–Crippen MR) is 129 cm³/mol. The molecule has 2 heterocycles. The van der Waals surface area contributed by atoms with Gasteiger partial charge in [-0.25, -0.2) is 5.01 Å². The summed E-state index contributed by atoms with van der Waals surface area (Å²) in [5, 5.41) is 22.1. The third kappa shape index (κ3) is 3.91. The van der Waals surface area contributed by atoms with Crippen molar-refractivity contribution in [1.82, 2.24) is 14.8 Å². The molecule has 8 heteroatoms. The zero-order chi connectivity index (χ0) is 23.7. The number of hydrogen-bond acceptors (Lipinski definition) is 5. The second kappa shape index (κ2) is 9.05. The van der Waals surface area contributed by atoms with Gasteiger partial charge in [0.15, 0.2) is 0 Å². The lowest BCUT2D eigenvalue weighted by molar-refractivity contribution is -0.385. The Kier molecular flexibility index (Phi) is 5.79. The fraction of sp³-hybridized carbons (Fsp3) is 0.269. The van der Waals surface area contributed by atoms with Crippen molar-refractivity contribution in [2.45, 2.75) is 38.8 Å². The summed E-state index contributed by atoms with van der Waals surface area (Å²) >= 11 is 0. The maximum absolute atomic E-state index is 13.7.